The number of H-pyrrole nitrogens is 1. The highest BCUT2D eigenvalue weighted by molar-refractivity contribution is 5.71. The van der Waals surface area contributed by atoms with Crippen LogP contribution in [0.25, 0.3) is 0 Å². The van der Waals surface area contributed by atoms with E-state index in [9.17, 15) is 9.59 Å². The maximum atomic E-state index is 12.2. The van der Waals surface area contributed by atoms with Crippen LogP contribution in [0.5, 0.6) is 11.5 Å². The summed E-state index contributed by atoms with van der Waals surface area (Å²) in [4.78, 5) is 24.4. The first-order valence-corrected chi connectivity index (χ1v) is 7.50. The van der Waals surface area contributed by atoms with Crippen LogP contribution < -0.4 is 10.3 Å². The van der Waals surface area contributed by atoms with Crippen molar-refractivity contribution in [3.8, 4) is 17.6 Å². The Kier molecular flexibility index (Phi) is 4.79. The molecule has 0 aliphatic carbocycles. The highest BCUT2D eigenvalue weighted by Gasteiger charge is 2.24. The second kappa shape index (κ2) is 6.62. The summed E-state index contributed by atoms with van der Waals surface area (Å²) in [6.45, 7) is 7.03. The summed E-state index contributed by atoms with van der Waals surface area (Å²) in [6, 6.07) is 8.34. The molecule has 0 aliphatic rings. The molecule has 1 aromatic carbocycles. The van der Waals surface area contributed by atoms with Crippen molar-refractivity contribution in [3.05, 3.63) is 45.9 Å². The maximum absolute atomic E-state index is 12.2. The lowest BCUT2D eigenvalue weighted by Gasteiger charge is -2.19. The number of hydrogen-bond acceptors (Lipinski definition) is 5. The molecule has 2 aromatic rings. The number of aromatic nitrogens is 2. The monoisotopic (exact) mass is 329 g/mol. The van der Waals surface area contributed by atoms with E-state index in [1.54, 1.807) is 52.0 Å². The van der Waals surface area contributed by atoms with Gasteiger partial charge in [0.05, 0.1) is 17.3 Å². The lowest BCUT2D eigenvalue weighted by atomic mass is 10.2. The Balaban J connectivity index is 2.35. The van der Waals surface area contributed by atoms with Crippen LogP contribution in [0.15, 0.2) is 29.1 Å². The van der Waals surface area contributed by atoms with Gasteiger partial charge in [-0.2, -0.15) is 9.94 Å². The zero-order valence-corrected chi connectivity index (χ0v) is 14.0. The van der Waals surface area contributed by atoms with Gasteiger partial charge in [-0.15, -0.1) is 0 Å². The highest BCUT2D eigenvalue weighted by Crippen LogP contribution is 2.23. The molecule has 0 spiro atoms. The van der Waals surface area contributed by atoms with Gasteiger partial charge in [0, 0.05) is 0 Å². The van der Waals surface area contributed by atoms with Gasteiger partial charge in [0.2, 0.25) is 5.75 Å². The van der Waals surface area contributed by atoms with Crippen LogP contribution in [0.4, 0.5) is 4.79 Å². The molecule has 0 aliphatic heterocycles. The van der Waals surface area contributed by atoms with Gasteiger partial charge in [-0.25, -0.2) is 4.79 Å². The lowest BCUT2D eigenvalue weighted by molar-refractivity contribution is 0.0508. The molecule has 0 unspecified atom stereocenters. The zero-order chi connectivity index (χ0) is 17.9. The zero-order valence-electron chi connectivity index (χ0n) is 14.0. The topological polar surface area (TPSA) is 97.1 Å². The summed E-state index contributed by atoms with van der Waals surface area (Å²) in [5, 5.41) is 11.2. The van der Waals surface area contributed by atoms with Crippen LogP contribution in [0, 0.1) is 11.3 Å². The van der Waals surface area contributed by atoms with Gasteiger partial charge in [-0.3, -0.25) is 9.89 Å². The molecule has 0 atom stereocenters. The van der Waals surface area contributed by atoms with Crippen molar-refractivity contribution in [2.75, 3.05) is 0 Å². The van der Waals surface area contributed by atoms with E-state index in [-0.39, 0.29) is 5.75 Å². The molecule has 1 N–H and O–H groups in total. The number of nitriles is 1. The first-order chi connectivity index (χ1) is 11.2. The first kappa shape index (κ1) is 17.3. The van der Waals surface area contributed by atoms with Crippen molar-refractivity contribution in [1.82, 2.24) is 9.78 Å². The first-order valence-electron chi connectivity index (χ1n) is 7.50. The third-order valence-electron chi connectivity index (χ3n) is 3.07. The Labute approximate surface area is 139 Å². The molecule has 0 fully saturated rings. The van der Waals surface area contributed by atoms with E-state index in [2.05, 4.69) is 5.10 Å². The van der Waals surface area contributed by atoms with Crippen LogP contribution >= 0.6 is 0 Å². The molecule has 2 rings (SSSR count). The summed E-state index contributed by atoms with van der Waals surface area (Å²) in [7, 11) is 0. The number of nitrogens with one attached hydrogen (secondary N) is 1. The van der Waals surface area contributed by atoms with Gasteiger partial charge < -0.3 is 9.47 Å². The predicted octanol–water partition coefficient (Wildman–Crippen LogP) is 3.19. The van der Waals surface area contributed by atoms with E-state index in [0.29, 0.717) is 23.4 Å². The van der Waals surface area contributed by atoms with Crippen LogP contribution in [0.2, 0.25) is 0 Å². The lowest BCUT2D eigenvalue weighted by Crippen LogP contribution is -2.29. The minimum absolute atomic E-state index is 0.0352. The number of aromatic amines is 1. The van der Waals surface area contributed by atoms with E-state index in [1.807, 2.05) is 6.07 Å². The van der Waals surface area contributed by atoms with Crippen molar-refractivity contribution in [3.63, 3.8) is 0 Å². The minimum atomic E-state index is -0.683. The molecule has 0 saturated heterocycles. The Morgan fingerprint density at radius 1 is 1.29 bits per heavy atom. The third kappa shape index (κ3) is 3.84. The van der Waals surface area contributed by atoms with Gasteiger partial charge in [0.15, 0.2) is 0 Å². The number of carbonyl (C=O) groups excluding carboxylic acids is 1. The fourth-order valence-electron chi connectivity index (χ4n) is 2.06. The molecular formula is C17H19N3O4. The normalized spacial score (nSPS) is 11.0. The predicted molar refractivity (Wildman–Crippen MR) is 87.3 cm³/mol. The minimum Gasteiger partial charge on any atom is -0.450 e. The third-order valence-corrected chi connectivity index (χ3v) is 3.07. The number of ether oxygens (including phenoxy) is 2. The SMILES string of the molecule is CCc1c(Oc2ccc(C#N)cc2)c(=O)[nH]n1C(=O)OC(C)(C)C. The standard InChI is InChI=1S/C17H19N3O4/c1-5-13-14(23-12-8-6-11(10-18)7-9-12)15(21)19-20(13)16(22)24-17(2,3)4/h6-9H,5H2,1-4H3,(H,19,21). The molecule has 24 heavy (non-hydrogen) atoms. The molecule has 0 amide bonds. The fraction of sp³-hybridized carbons (Fsp3) is 0.353. The summed E-state index contributed by atoms with van der Waals surface area (Å²) in [5.74, 6) is 0.434. The van der Waals surface area contributed by atoms with E-state index in [1.165, 1.54) is 0 Å². The smallest absolute Gasteiger partial charge is 0.433 e. The molecule has 0 saturated carbocycles. The van der Waals surface area contributed by atoms with Crippen molar-refractivity contribution in [2.24, 2.45) is 0 Å². The summed E-state index contributed by atoms with van der Waals surface area (Å²) in [5.41, 5.74) is -0.337. The molecule has 0 radical (unpaired) electrons. The fourth-order valence-corrected chi connectivity index (χ4v) is 2.06. The van der Waals surface area contributed by atoms with Crippen LogP contribution in [-0.4, -0.2) is 21.5 Å². The Morgan fingerprint density at radius 3 is 2.42 bits per heavy atom. The quantitative estimate of drug-likeness (QED) is 0.932. The maximum Gasteiger partial charge on any atom is 0.433 e. The van der Waals surface area contributed by atoms with Gasteiger partial charge in [-0.05, 0) is 51.5 Å². The van der Waals surface area contributed by atoms with E-state index in [0.717, 1.165) is 4.68 Å². The largest absolute Gasteiger partial charge is 0.450 e. The molecule has 1 heterocycles. The molecule has 1 aromatic heterocycles. The van der Waals surface area contributed by atoms with Crippen LogP contribution in [-0.2, 0) is 11.2 Å². The number of rotatable bonds is 3. The van der Waals surface area contributed by atoms with Gasteiger partial charge in [-0.1, -0.05) is 6.92 Å². The molecule has 0 bridgehead atoms. The van der Waals surface area contributed by atoms with E-state index < -0.39 is 17.3 Å². The Hall–Kier alpha value is -3.01. The molecule has 7 nitrogen and oxygen atoms in total. The van der Waals surface area contributed by atoms with Gasteiger partial charge in [0.1, 0.15) is 11.4 Å². The molecule has 7 heteroatoms. The molecular weight excluding hydrogens is 310 g/mol. The molecule has 126 valence electrons. The van der Waals surface area contributed by atoms with Gasteiger partial charge >= 0.3 is 11.7 Å². The number of carbonyl (C=O) groups is 1. The Bertz CT molecular complexity index is 833. The summed E-state index contributed by atoms with van der Waals surface area (Å²) in [6.07, 6.45) is -0.282. The summed E-state index contributed by atoms with van der Waals surface area (Å²) < 4.78 is 11.9. The van der Waals surface area contributed by atoms with Crippen molar-refractivity contribution < 1.29 is 14.3 Å². The van der Waals surface area contributed by atoms with E-state index in [4.69, 9.17) is 14.7 Å². The van der Waals surface area contributed by atoms with Crippen molar-refractivity contribution in [2.45, 2.75) is 39.7 Å². The second-order valence-corrected chi connectivity index (χ2v) is 6.12. The second-order valence-electron chi connectivity index (χ2n) is 6.12. The van der Waals surface area contributed by atoms with Gasteiger partial charge in [0.25, 0.3) is 0 Å². The van der Waals surface area contributed by atoms with Crippen LogP contribution in [0.3, 0.4) is 0 Å². The van der Waals surface area contributed by atoms with E-state index >= 15 is 0 Å². The van der Waals surface area contributed by atoms with Crippen molar-refractivity contribution in [1.29, 1.82) is 5.26 Å². The van der Waals surface area contributed by atoms with Crippen molar-refractivity contribution >= 4 is 6.09 Å². The average molecular weight is 329 g/mol. The Morgan fingerprint density at radius 2 is 1.92 bits per heavy atom. The van der Waals surface area contributed by atoms with Crippen LogP contribution in [0.1, 0.15) is 39.0 Å². The summed E-state index contributed by atoms with van der Waals surface area (Å²) >= 11 is 0. The highest BCUT2D eigenvalue weighted by atomic mass is 16.6. The number of nitrogens with zero attached hydrogens (tertiary/aromatic N) is 2. The average Bonchev–Trinajstić information content (AvgIpc) is 2.83. The number of hydrogen-bond donors (Lipinski definition) is 1. The number of benzene rings is 1.